The molecule has 0 amide bonds. The van der Waals surface area contributed by atoms with Crippen molar-refractivity contribution in [1.82, 2.24) is 0 Å². The topological polar surface area (TPSA) is 78.9 Å². The first kappa shape index (κ1) is 63.4. The average molecular weight is 920 g/mol. The van der Waals surface area contributed by atoms with E-state index in [0.29, 0.717) is 19.3 Å². The normalized spacial score (nSPS) is 12.9. The van der Waals surface area contributed by atoms with E-state index < -0.39 is 6.10 Å². The highest BCUT2D eigenvalue weighted by atomic mass is 16.6. The number of carbonyl (C=O) groups excluding carboxylic acids is 3. The van der Waals surface area contributed by atoms with Crippen molar-refractivity contribution in [2.75, 3.05) is 13.2 Å². The van der Waals surface area contributed by atoms with Gasteiger partial charge in [-0.3, -0.25) is 14.4 Å². The Morgan fingerprint density at radius 2 is 0.538 bits per heavy atom. The van der Waals surface area contributed by atoms with Crippen LogP contribution in [0.15, 0.2) is 0 Å². The van der Waals surface area contributed by atoms with E-state index in [-0.39, 0.29) is 31.1 Å². The van der Waals surface area contributed by atoms with Gasteiger partial charge in [-0.15, -0.1) is 0 Å². The molecule has 0 aliphatic rings. The summed E-state index contributed by atoms with van der Waals surface area (Å²) in [6.45, 7) is 11.5. The third kappa shape index (κ3) is 50.1. The molecule has 0 aromatic carbocycles. The lowest BCUT2D eigenvalue weighted by Crippen LogP contribution is -2.30. The molecule has 0 aromatic rings. The van der Waals surface area contributed by atoms with Crippen molar-refractivity contribution in [2.45, 2.75) is 336 Å². The molecule has 0 N–H and O–H groups in total. The number of rotatable bonds is 53. The van der Waals surface area contributed by atoms with E-state index in [0.717, 1.165) is 69.6 Å². The van der Waals surface area contributed by atoms with Crippen LogP contribution in [0.3, 0.4) is 0 Å². The van der Waals surface area contributed by atoms with E-state index in [9.17, 15) is 14.4 Å². The lowest BCUT2D eigenvalue weighted by Gasteiger charge is -2.18. The van der Waals surface area contributed by atoms with E-state index in [1.807, 2.05) is 0 Å². The largest absolute Gasteiger partial charge is 0.462 e. The summed E-state index contributed by atoms with van der Waals surface area (Å²) in [6.07, 6.45) is 55.1. The zero-order valence-electron chi connectivity index (χ0n) is 44.6. The lowest BCUT2D eigenvalue weighted by atomic mass is 9.99. The Balaban J connectivity index is 4.29. The van der Waals surface area contributed by atoms with Crippen LogP contribution in [-0.2, 0) is 28.6 Å². The minimum atomic E-state index is -0.763. The zero-order valence-corrected chi connectivity index (χ0v) is 44.6. The van der Waals surface area contributed by atoms with Gasteiger partial charge in [0.05, 0.1) is 0 Å². The maximum atomic E-state index is 12.9. The predicted octanol–water partition coefficient (Wildman–Crippen LogP) is 19.3. The summed E-state index contributed by atoms with van der Waals surface area (Å²) in [5, 5.41) is 0. The van der Waals surface area contributed by atoms with Gasteiger partial charge >= 0.3 is 17.9 Å². The number of unbranched alkanes of at least 4 members (excludes halogenated alkanes) is 36. The Kier molecular flexibility index (Phi) is 50.5. The summed E-state index contributed by atoms with van der Waals surface area (Å²) in [5.74, 6) is 0.903. The van der Waals surface area contributed by atoms with Crippen LogP contribution >= 0.6 is 0 Å². The Morgan fingerprint density at radius 3 is 0.800 bits per heavy atom. The summed E-state index contributed by atoms with van der Waals surface area (Å²) in [5.41, 5.74) is 0. The molecule has 0 saturated heterocycles. The van der Waals surface area contributed by atoms with Gasteiger partial charge in [0.25, 0.3) is 0 Å². The molecule has 0 aromatic heterocycles. The molecule has 0 heterocycles. The third-order valence-electron chi connectivity index (χ3n) is 14.2. The number of hydrogen-bond acceptors (Lipinski definition) is 6. The van der Waals surface area contributed by atoms with E-state index in [4.69, 9.17) is 14.2 Å². The predicted molar refractivity (Wildman–Crippen MR) is 280 cm³/mol. The van der Waals surface area contributed by atoms with Crippen LogP contribution in [0.25, 0.3) is 0 Å². The number of hydrogen-bond donors (Lipinski definition) is 0. The number of esters is 3. The Labute approximate surface area is 406 Å². The molecule has 65 heavy (non-hydrogen) atoms. The highest BCUT2D eigenvalue weighted by Crippen LogP contribution is 2.19. The molecule has 0 radical (unpaired) electrons. The Bertz CT molecular complexity index is 997. The molecule has 2 unspecified atom stereocenters. The molecule has 6 nitrogen and oxygen atoms in total. The van der Waals surface area contributed by atoms with Gasteiger partial charge in [0, 0.05) is 19.3 Å². The maximum absolute atomic E-state index is 12.9. The van der Waals surface area contributed by atoms with Crippen molar-refractivity contribution in [2.24, 2.45) is 11.8 Å². The fourth-order valence-corrected chi connectivity index (χ4v) is 8.99. The summed E-state index contributed by atoms with van der Waals surface area (Å²) < 4.78 is 16.9. The molecule has 0 bridgehead atoms. The molecule has 0 rings (SSSR count). The SMILES string of the molecule is CCCCCCCCCCCCCCCCCCCC(=O)O[C@H](COC(=O)CCCCCCCCCCCCCCCCC(C)CC)COC(=O)CCCCCCCCCCC(C)CC. The molecular weight excluding hydrogens is 805 g/mol. The maximum Gasteiger partial charge on any atom is 0.306 e. The van der Waals surface area contributed by atoms with Crippen molar-refractivity contribution in [3.05, 3.63) is 0 Å². The number of ether oxygens (including phenoxy) is 3. The molecule has 3 atom stereocenters. The lowest BCUT2D eigenvalue weighted by molar-refractivity contribution is -0.167. The van der Waals surface area contributed by atoms with Gasteiger partial charge in [-0.25, -0.2) is 0 Å². The highest BCUT2D eigenvalue weighted by molar-refractivity contribution is 5.71. The van der Waals surface area contributed by atoms with Crippen molar-refractivity contribution < 1.29 is 28.6 Å². The summed E-state index contributed by atoms with van der Waals surface area (Å²) in [4.78, 5) is 38.1. The summed E-state index contributed by atoms with van der Waals surface area (Å²) in [6, 6.07) is 0. The van der Waals surface area contributed by atoms with Crippen LogP contribution in [0.4, 0.5) is 0 Å². The molecule has 386 valence electrons. The van der Waals surface area contributed by atoms with Crippen molar-refractivity contribution in [1.29, 1.82) is 0 Å². The van der Waals surface area contributed by atoms with Gasteiger partial charge in [0.1, 0.15) is 13.2 Å². The molecule has 6 heteroatoms. The minimum Gasteiger partial charge on any atom is -0.462 e. The quantitative estimate of drug-likeness (QED) is 0.0344. The van der Waals surface area contributed by atoms with Gasteiger partial charge in [0.2, 0.25) is 0 Å². The molecule has 0 fully saturated rings. The van der Waals surface area contributed by atoms with Gasteiger partial charge in [-0.2, -0.15) is 0 Å². The molecule has 0 spiro atoms. The fourth-order valence-electron chi connectivity index (χ4n) is 8.99. The summed E-state index contributed by atoms with van der Waals surface area (Å²) in [7, 11) is 0. The summed E-state index contributed by atoms with van der Waals surface area (Å²) >= 11 is 0. The van der Waals surface area contributed by atoms with Crippen LogP contribution in [0, 0.1) is 11.8 Å². The van der Waals surface area contributed by atoms with E-state index in [1.165, 1.54) is 218 Å². The van der Waals surface area contributed by atoms with E-state index in [1.54, 1.807) is 0 Å². The van der Waals surface area contributed by atoms with Gasteiger partial charge < -0.3 is 14.2 Å². The van der Waals surface area contributed by atoms with Crippen molar-refractivity contribution >= 4 is 17.9 Å². The highest BCUT2D eigenvalue weighted by Gasteiger charge is 2.19. The monoisotopic (exact) mass is 919 g/mol. The van der Waals surface area contributed by atoms with Crippen LogP contribution in [0.1, 0.15) is 330 Å². The second-order valence-electron chi connectivity index (χ2n) is 20.8. The van der Waals surface area contributed by atoms with Crippen LogP contribution in [0.2, 0.25) is 0 Å². The van der Waals surface area contributed by atoms with Crippen LogP contribution in [0.5, 0.6) is 0 Å². The van der Waals surface area contributed by atoms with Gasteiger partial charge in [-0.05, 0) is 31.1 Å². The number of carbonyl (C=O) groups is 3. The van der Waals surface area contributed by atoms with Crippen molar-refractivity contribution in [3.63, 3.8) is 0 Å². The first-order valence-electron chi connectivity index (χ1n) is 29.3. The minimum absolute atomic E-state index is 0.0630. The standard InChI is InChI=1S/C59H114O6/c1-6-9-10-11-12-13-14-15-16-17-18-23-26-29-36-41-46-51-59(62)65-56(53-64-58(61)50-45-40-35-31-30-33-38-43-48-55(5)8-3)52-63-57(60)49-44-39-34-28-25-22-20-19-21-24-27-32-37-42-47-54(4)7-2/h54-56H,6-53H2,1-5H3/t54?,55?,56-/m1/s1. The van der Waals surface area contributed by atoms with Gasteiger partial charge in [-0.1, -0.05) is 291 Å². The average Bonchev–Trinajstić information content (AvgIpc) is 3.30. The third-order valence-corrected chi connectivity index (χ3v) is 14.2. The van der Waals surface area contributed by atoms with Crippen molar-refractivity contribution in [3.8, 4) is 0 Å². The molecule has 0 aliphatic carbocycles. The van der Waals surface area contributed by atoms with E-state index in [2.05, 4.69) is 34.6 Å². The molecular formula is C59H114O6. The first-order chi connectivity index (χ1) is 31.8. The van der Waals surface area contributed by atoms with Crippen LogP contribution < -0.4 is 0 Å². The first-order valence-corrected chi connectivity index (χ1v) is 29.3. The van der Waals surface area contributed by atoms with E-state index >= 15 is 0 Å². The molecule has 0 aliphatic heterocycles. The Hall–Kier alpha value is -1.59. The fraction of sp³-hybridized carbons (Fsp3) is 0.949. The second kappa shape index (κ2) is 51.8. The van der Waals surface area contributed by atoms with Gasteiger partial charge in [0.15, 0.2) is 6.10 Å². The van der Waals surface area contributed by atoms with Crippen LogP contribution in [-0.4, -0.2) is 37.2 Å². The zero-order chi connectivity index (χ0) is 47.5. The Morgan fingerprint density at radius 1 is 0.308 bits per heavy atom. The second-order valence-corrected chi connectivity index (χ2v) is 20.8. The molecule has 0 saturated carbocycles. The smallest absolute Gasteiger partial charge is 0.306 e.